The van der Waals surface area contributed by atoms with E-state index in [9.17, 15) is 4.79 Å². The molecule has 0 N–H and O–H groups in total. The highest BCUT2D eigenvalue weighted by molar-refractivity contribution is 5.93. The van der Waals surface area contributed by atoms with Gasteiger partial charge in [0.25, 0.3) is 5.91 Å². The maximum Gasteiger partial charge on any atom is 0.273 e. The minimum atomic E-state index is -0.287. The van der Waals surface area contributed by atoms with Crippen LogP contribution in [0.5, 0.6) is 0 Å². The Morgan fingerprint density at radius 3 is 2.84 bits per heavy atom. The fraction of sp³-hybridized carbons (Fsp3) is 0.571. The van der Waals surface area contributed by atoms with Crippen LogP contribution in [0.2, 0.25) is 0 Å². The number of aromatic nitrogens is 1. The van der Waals surface area contributed by atoms with Gasteiger partial charge in [0.1, 0.15) is 5.69 Å². The van der Waals surface area contributed by atoms with Crippen LogP contribution in [0.3, 0.4) is 0 Å². The number of carbonyl (C=O) groups excluding carboxylic acids is 1. The molecule has 0 bridgehead atoms. The molecule has 19 heavy (non-hydrogen) atoms. The molecule has 2 rings (SSSR count). The largest absolute Gasteiger partial charge is 0.378 e. The van der Waals surface area contributed by atoms with Gasteiger partial charge in [-0.15, -0.1) is 0 Å². The first kappa shape index (κ1) is 13.8. The Hall–Kier alpha value is -1.62. The summed E-state index contributed by atoms with van der Waals surface area (Å²) < 4.78 is 5.44. The van der Waals surface area contributed by atoms with Gasteiger partial charge in [-0.1, -0.05) is 0 Å². The lowest BCUT2D eigenvalue weighted by molar-refractivity contribution is -0.0373. The predicted molar refractivity (Wildman–Crippen MR) is 74.5 cm³/mol. The highest BCUT2D eigenvalue weighted by Gasteiger charge is 2.35. The van der Waals surface area contributed by atoms with Crippen molar-refractivity contribution in [2.24, 2.45) is 0 Å². The van der Waals surface area contributed by atoms with E-state index in [1.807, 2.05) is 49.9 Å². The molecule has 2 heterocycles. The molecule has 1 aromatic rings. The molecule has 0 atom stereocenters. The Kier molecular flexibility index (Phi) is 3.75. The van der Waals surface area contributed by atoms with E-state index < -0.39 is 0 Å². The second-order valence-corrected chi connectivity index (χ2v) is 5.62. The minimum absolute atomic E-state index is 0.0306. The summed E-state index contributed by atoms with van der Waals surface area (Å²) in [6.07, 6.45) is 1.68. The number of rotatable bonds is 2. The summed E-state index contributed by atoms with van der Waals surface area (Å²) >= 11 is 0. The highest BCUT2D eigenvalue weighted by Crippen LogP contribution is 2.22. The lowest BCUT2D eigenvalue weighted by Gasteiger charge is -2.41. The standard InChI is InChI=1S/C14H21N3O2/c1-14(2)10-19-8-7-17(14)13(18)12-9-11(16(3)4)5-6-15-12/h5-6,9H,7-8,10H2,1-4H3. The SMILES string of the molecule is CN(C)c1ccnc(C(=O)N2CCOCC2(C)C)c1. The van der Waals surface area contributed by atoms with Gasteiger partial charge < -0.3 is 14.5 Å². The molecule has 0 unspecified atom stereocenters. The van der Waals surface area contributed by atoms with E-state index in [4.69, 9.17) is 4.74 Å². The van der Waals surface area contributed by atoms with E-state index in [1.165, 1.54) is 0 Å². The van der Waals surface area contributed by atoms with E-state index in [0.29, 0.717) is 25.5 Å². The molecule has 0 saturated carbocycles. The van der Waals surface area contributed by atoms with Crippen LogP contribution in [0, 0.1) is 0 Å². The number of hydrogen-bond acceptors (Lipinski definition) is 4. The first-order valence-electron chi connectivity index (χ1n) is 6.45. The number of carbonyl (C=O) groups is 1. The number of pyridine rings is 1. The fourth-order valence-corrected chi connectivity index (χ4v) is 2.19. The van der Waals surface area contributed by atoms with Crippen LogP contribution in [0.4, 0.5) is 5.69 Å². The molecule has 5 nitrogen and oxygen atoms in total. The van der Waals surface area contributed by atoms with Crippen molar-refractivity contribution in [1.29, 1.82) is 0 Å². The number of amides is 1. The fourth-order valence-electron chi connectivity index (χ4n) is 2.19. The molecule has 0 radical (unpaired) electrons. The van der Waals surface area contributed by atoms with Gasteiger partial charge in [0.15, 0.2) is 0 Å². The number of anilines is 1. The monoisotopic (exact) mass is 263 g/mol. The number of morpholine rings is 1. The van der Waals surface area contributed by atoms with Crippen LogP contribution in [-0.2, 0) is 4.74 Å². The number of hydrogen-bond donors (Lipinski definition) is 0. The van der Waals surface area contributed by atoms with Crippen LogP contribution >= 0.6 is 0 Å². The predicted octanol–water partition coefficient (Wildman–Crippen LogP) is 1.40. The van der Waals surface area contributed by atoms with E-state index in [-0.39, 0.29) is 11.4 Å². The van der Waals surface area contributed by atoms with E-state index in [1.54, 1.807) is 6.20 Å². The van der Waals surface area contributed by atoms with Crippen LogP contribution < -0.4 is 4.90 Å². The molecule has 1 aliphatic heterocycles. The van der Waals surface area contributed by atoms with Gasteiger partial charge >= 0.3 is 0 Å². The van der Waals surface area contributed by atoms with Crippen molar-refractivity contribution >= 4 is 11.6 Å². The quantitative estimate of drug-likeness (QED) is 0.809. The Labute approximate surface area is 114 Å². The highest BCUT2D eigenvalue weighted by atomic mass is 16.5. The Bertz CT molecular complexity index is 472. The van der Waals surface area contributed by atoms with Gasteiger partial charge in [-0.3, -0.25) is 9.78 Å². The summed E-state index contributed by atoms with van der Waals surface area (Å²) in [6, 6.07) is 3.72. The minimum Gasteiger partial charge on any atom is -0.378 e. The van der Waals surface area contributed by atoms with Gasteiger partial charge in [0, 0.05) is 32.5 Å². The topological polar surface area (TPSA) is 45.7 Å². The number of nitrogens with zero attached hydrogens (tertiary/aromatic N) is 3. The van der Waals surface area contributed by atoms with Gasteiger partial charge in [0.2, 0.25) is 0 Å². The second-order valence-electron chi connectivity index (χ2n) is 5.62. The van der Waals surface area contributed by atoms with Crippen molar-refractivity contribution < 1.29 is 9.53 Å². The normalized spacial score (nSPS) is 18.2. The summed E-state index contributed by atoms with van der Waals surface area (Å²) in [5, 5.41) is 0. The Balaban J connectivity index is 2.26. The van der Waals surface area contributed by atoms with E-state index in [2.05, 4.69) is 4.98 Å². The average molecular weight is 263 g/mol. The first-order valence-corrected chi connectivity index (χ1v) is 6.45. The van der Waals surface area contributed by atoms with Crippen molar-refractivity contribution in [1.82, 2.24) is 9.88 Å². The summed E-state index contributed by atoms with van der Waals surface area (Å²) in [5.41, 5.74) is 1.18. The van der Waals surface area contributed by atoms with Gasteiger partial charge in [0.05, 0.1) is 18.8 Å². The molecule has 1 aliphatic rings. The molecular formula is C14H21N3O2. The van der Waals surface area contributed by atoms with Crippen molar-refractivity contribution in [3.8, 4) is 0 Å². The first-order chi connectivity index (χ1) is 8.92. The molecule has 1 saturated heterocycles. The Morgan fingerprint density at radius 1 is 1.47 bits per heavy atom. The molecule has 1 amide bonds. The summed E-state index contributed by atoms with van der Waals surface area (Å²) in [6.45, 7) is 5.79. The maximum absolute atomic E-state index is 12.6. The van der Waals surface area contributed by atoms with Crippen molar-refractivity contribution in [3.05, 3.63) is 24.0 Å². The van der Waals surface area contributed by atoms with Crippen LogP contribution in [0.1, 0.15) is 24.3 Å². The maximum atomic E-state index is 12.6. The third-order valence-corrected chi connectivity index (χ3v) is 3.37. The van der Waals surface area contributed by atoms with Gasteiger partial charge in [-0.2, -0.15) is 0 Å². The molecule has 0 aliphatic carbocycles. The van der Waals surface area contributed by atoms with Gasteiger partial charge in [-0.25, -0.2) is 0 Å². The van der Waals surface area contributed by atoms with E-state index in [0.717, 1.165) is 5.69 Å². The summed E-state index contributed by atoms with van der Waals surface area (Å²) in [4.78, 5) is 20.6. The molecular weight excluding hydrogens is 242 g/mol. The molecule has 0 spiro atoms. The molecule has 1 fully saturated rings. The number of ether oxygens (including phenoxy) is 1. The molecule has 104 valence electrons. The van der Waals surface area contributed by atoms with E-state index >= 15 is 0 Å². The van der Waals surface area contributed by atoms with Crippen LogP contribution in [-0.4, -0.2) is 55.2 Å². The molecule has 1 aromatic heterocycles. The lowest BCUT2D eigenvalue weighted by Crippen LogP contribution is -2.55. The van der Waals surface area contributed by atoms with Crippen LogP contribution in [0.15, 0.2) is 18.3 Å². The third kappa shape index (κ3) is 2.87. The smallest absolute Gasteiger partial charge is 0.273 e. The van der Waals surface area contributed by atoms with Crippen molar-refractivity contribution in [2.75, 3.05) is 38.8 Å². The Morgan fingerprint density at radius 2 is 2.21 bits per heavy atom. The zero-order valence-electron chi connectivity index (χ0n) is 12.0. The third-order valence-electron chi connectivity index (χ3n) is 3.37. The second kappa shape index (κ2) is 5.17. The molecule has 5 heteroatoms. The summed E-state index contributed by atoms with van der Waals surface area (Å²) in [7, 11) is 3.89. The van der Waals surface area contributed by atoms with Crippen molar-refractivity contribution in [3.63, 3.8) is 0 Å². The molecule has 0 aromatic carbocycles. The van der Waals surface area contributed by atoms with Crippen LogP contribution in [0.25, 0.3) is 0 Å². The zero-order valence-corrected chi connectivity index (χ0v) is 12.0. The summed E-state index contributed by atoms with van der Waals surface area (Å²) in [5.74, 6) is -0.0306. The zero-order chi connectivity index (χ0) is 14.0. The van der Waals surface area contributed by atoms with Gasteiger partial charge in [-0.05, 0) is 26.0 Å². The van der Waals surface area contributed by atoms with Crippen molar-refractivity contribution in [2.45, 2.75) is 19.4 Å². The lowest BCUT2D eigenvalue weighted by atomic mass is 10.0. The average Bonchev–Trinajstić information content (AvgIpc) is 2.37.